The highest BCUT2D eigenvalue weighted by Crippen LogP contribution is 2.33. The minimum Gasteiger partial charge on any atom is -0.266 e. The summed E-state index contributed by atoms with van der Waals surface area (Å²) >= 11 is 0. The van der Waals surface area contributed by atoms with E-state index in [1.54, 1.807) is 0 Å². The third-order valence-corrected chi connectivity index (χ3v) is 8.33. The van der Waals surface area contributed by atoms with Crippen LogP contribution in [-0.2, 0) is 28.6 Å². The van der Waals surface area contributed by atoms with Crippen molar-refractivity contribution in [1.29, 1.82) is 0 Å². The van der Waals surface area contributed by atoms with Gasteiger partial charge in [-0.05, 0) is 37.5 Å². The van der Waals surface area contributed by atoms with Crippen LogP contribution < -0.4 is 0 Å². The zero-order chi connectivity index (χ0) is 28.7. The van der Waals surface area contributed by atoms with Crippen LogP contribution in [0, 0.1) is 70.0 Å². The fraction of sp³-hybridized carbons (Fsp3) is 0.400. The van der Waals surface area contributed by atoms with Crippen LogP contribution in [0.2, 0.25) is 0 Å². The normalized spacial score (nSPS) is 18.7. The van der Waals surface area contributed by atoms with Crippen LogP contribution in [0.1, 0.15) is 25.7 Å². The van der Waals surface area contributed by atoms with Gasteiger partial charge in [0.1, 0.15) is 0 Å². The van der Waals surface area contributed by atoms with Gasteiger partial charge in [0.05, 0.1) is 13.2 Å². The molecule has 1 saturated carbocycles. The highest BCUT2D eigenvalue weighted by atomic mass is 32.2. The molecule has 6 nitrogen and oxygen atoms in total. The fourth-order valence-electron chi connectivity index (χ4n) is 3.66. The highest BCUT2D eigenvalue weighted by Gasteiger charge is 2.37. The molecule has 1 aliphatic carbocycles. The number of halogens is 10. The molecule has 0 heterocycles. The smallest absolute Gasteiger partial charge is 0.266 e. The molecule has 0 aromatic heterocycles. The van der Waals surface area contributed by atoms with Gasteiger partial charge in [-0.15, -0.1) is 0 Å². The Balaban J connectivity index is 1.61. The van der Waals surface area contributed by atoms with E-state index < -0.39 is 113 Å². The molecule has 3 rings (SSSR count). The lowest BCUT2D eigenvalue weighted by Crippen LogP contribution is -2.25. The summed E-state index contributed by atoms with van der Waals surface area (Å²) in [5.41, 5.74) is 0. The lowest BCUT2D eigenvalue weighted by atomic mass is 9.83. The van der Waals surface area contributed by atoms with Crippen LogP contribution in [0.15, 0.2) is 9.79 Å². The van der Waals surface area contributed by atoms with E-state index in [1.807, 2.05) is 0 Å². The molecular formula is C20H14F10O6S2. The average Bonchev–Trinajstić information content (AvgIpc) is 2.86. The molecule has 0 bridgehead atoms. The van der Waals surface area contributed by atoms with E-state index in [0.717, 1.165) is 0 Å². The Labute approximate surface area is 208 Å². The fourth-order valence-corrected chi connectivity index (χ4v) is 5.88. The Hall–Kier alpha value is -2.44. The van der Waals surface area contributed by atoms with Gasteiger partial charge in [-0.2, -0.15) is 16.8 Å². The van der Waals surface area contributed by atoms with E-state index >= 15 is 0 Å². The Bertz CT molecular complexity index is 1300. The van der Waals surface area contributed by atoms with Gasteiger partial charge in [-0.3, -0.25) is 8.37 Å². The summed E-state index contributed by atoms with van der Waals surface area (Å²) < 4.78 is 192. The minimum atomic E-state index is -5.43. The standard InChI is InChI=1S/C20H14F10O6S2/c21-9-11(23)15(27)19(16(28)12(9)24)37(31,32)35-5-7-1-2-8(4-3-7)6-36-38(33,34)20-17(29)13(25)10(22)14(26)18(20)30/h7-8H,1-6H2. The molecule has 0 N–H and O–H groups in total. The Kier molecular flexibility index (Phi) is 8.69. The van der Waals surface area contributed by atoms with Crippen molar-refractivity contribution in [3.05, 3.63) is 58.2 Å². The van der Waals surface area contributed by atoms with Gasteiger partial charge in [0.25, 0.3) is 0 Å². The van der Waals surface area contributed by atoms with Crippen LogP contribution in [0.25, 0.3) is 0 Å². The maximum Gasteiger partial charge on any atom is 0.303 e. The largest absolute Gasteiger partial charge is 0.303 e. The van der Waals surface area contributed by atoms with Crippen molar-refractivity contribution in [3.8, 4) is 0 Å². The van der Waals surface area contributed by atoms with Crippen LogP contribution in [0.4, 0.5) is 43.9 Å². The molecule has 18 heteroatoms. The van der Waals surface area contributed by atoms with Gasteiger partial charge in [0, 0.05) is 0 Å². The minimum absolute atomic E-state index is 0.0588. The molecule has 0 aliphatic heterocycles. The van der Waals surface area contributed by atoms with E-state index in [4.69, 9.17) is 0 Å². The Morgan fingerprint density at radius 3 is 0.895 bits per heavy atom. The topological polar surface area (TPSA) is 86.7 Å². The van der Waals surface area contributed by atoms with E-state index in [0.29, 0.717) is 0 Å². The van der Waals surface area contributed by atoms with Gasteiger partial charge in [0.15, 0.2) is 56.3 Å². The van der Waals surface area contributed by atoms with Gasteiger partial charge in [-0.25, -0.2) is 43.9 Å². The summed E-state index contributed by atoms with van der Waals surface area (Å²) in [6.45, 7) is -1.50. The molecule has 38 heavy (non-hydrogen) atoms. The number of benzene rings is 2. The first kappa shape index (κ1) is 30.1. The Morgan fingerprint density at radius 2 is 0.658 bits per heavy atom. The first-order valence-electron chi connectivity index (χ1n) is 10.3. The first-order valence-corrected chi connectivity index (χ1v) is 13.1. The van der Waals surface area contributed by atoms with Gasteiger partial charge < -0.3 is 0 Å². The molecule has 0 amide bonds. The monoisotopic (exact) mass is 604 g/mol. The van der Waals surface area contributed by atoms with Crippen molar-refractivity contribution in [1.82, 2.24) is 0 Å². The molecular weight excluding hydrogens is 590 g/mol. The number of hydrogen-bond acceptors (Lipinski definition) is 6. The van der Waals surface area contributed by atoms with Crippen molar-refractivity contribution < 1.29 is 69.1 Å². The zero-order valence-corrected chi connectivity index (χ0v) is 20.1. The van der Waals surface area contributed by atoms with Crippen molar-refractivity contribution in [2.45, 2.75) is 35.5 Å². The lowest BCUT2D eigenvalue weighted by molar-refractivity contribution is 0.151. The first-order chi connectivity index (χ1) is 17.5. The lowest BCUT2D eigenvalue weighted by Gasteiger charge is -2.27. The predicted octanol–water partition coefficient (Wildman–Crippen LogP) is 4.99. The summed E-state index contributed by atoms with van der Waals surface area (Å²) in [6.07, 6.45) is 0.235. The van der Waals surface area contributed by atoms with Gasteiger partial charge in [-0.1, -0.05) is 0 Å². The zero-order valence-electron chi connectivity index (χ0n) is 18.4. The number of rotatable bonds is 8. The molecule has 0 atom stereocenters. The maximum atomic E-state index is 13.8. The average molecular weight is 604 g/mol. The van der Waals surface area contributed by atoms with E-state index in [-0.39, 0.29) is 25.7 Å². The van der Waals surface area contributed by atoms with Crippen molar-refractivity contribution in [3.63, 3.8) is 0 Å². The molecule has 2 aromatic carbocycles. The number of hydrogen-bond donors (Lipinski definition) is 0. The summed E-state index contributed by atoms with van der Waals surface area (Å²) in [5, 5.41) is 0. The Morgan fingerprint density at radius 1 is 0.447 bits per heavy atom. The summed E-state index contributed by atoms with van der Waals surface area (Å²) in [7, 11) is -10.9. The third-order valence-electron chi connectivity index (χ3n) is 5.72. The molecule has 2 aromatic rings. The van der Waals surface area contributed by atoms with Crippen LogP contribution in [0.5, 0.6) is 0 Å². The summed E-state index contributed by atoms with van der Waals surface area (Å²) in [5.74, 6) is -26.9. The van der Waals surface area contributed by atoms with Crippen molar-refractivity contribution >= 4 is 20.2 Å². The third kappa shape index (κ3) is 5.62. The molecule has 212 valence electrons. The van der Waals surface area contributed by atoms with Crippen LogP contribution >= 0.6 is 0 Å². The van der Waals surface area contributed by atoms with Crippen molar-refractivity contribution in [2.75, 3.05) is 13.2 Å². The van der Waals surface area contributed by atoms with E-state index in [1.165, 1.54) is 0 Å². The van der Waals surface area contributed by atoms with Gasteiger partial charge >= 0.3 is 20.2 Å². The molecule has 0 spiro atoms. The van der Waals surface area contributed by atoms with Crippen molar-refractivity contribution in [2.24, 2.45) is 11.8 Å². The second kappa shape index (κ2) is 11.0. The molecule has 1 aliphatic rings. The summed E-state index contributed by atoms with van der Waals surface area (Å²) in [6, 6.07) is 0. The van der Waals surface area contributed by atoms with Gasteiger partial charge in [0.2, 0.25) is 11.6 Å². The van der Waals surface area contributed by atoms with Crippen LogP contribution in [0.3, 0.4) is 0 Å². The second-order valence-electron chi connectivity index (χ2n) is 8.16. The maximum absolute atomic E-state index is 13.8. The predicted molar refractivity (Wildman–Crippen MR) is 104 cm³/mol. The molecule has 1 fully saturated rings. The molecule has 0 radical (unpaired) electrons. The SMILES string of the molecule is O=S(=O)(OCC1CCC(COS(=O)(=O)c2c(F)c(F)c(F)c(F)c2F)CC1)c1c(F)c(F)c(F)c(F)c1F. The van der Waals surface area contributed by atoms with Crippen LogP contribution in [-0.4, -0.2) is 30.0 Å². The summed E-state index contributed by atoms with van der Waals surface area (Å²) in [4.78, 5) is -4.34. The second-order valence-corrected chi connectivity index (χ2v) is 11.3. The van der Waals surface area contributed by atoms with E-state index in [9.17, 15) is 60.7 Å². The quantitative estimate of drug-likeness (QED) is 0.183. The molecule has 0 saturated heterocycles. The molecule has 0 unspecified atom stereocenters. The van der Waals surface area contributed by atoms with E-state index in [2.05, 4.69) is 8.37 Å². The highest BCUT2D eigenvalue weighted by molar-refractivity contribution is 7.87.